The van der Waals surface area contributed by atoms with Crippen LogP contribution < -0.4 is 0 Å². The zero-order valence-corrected chi connectivity index (χ0v) is 10.3. The quantitative estimate of drug-likeness (QED) is 0.770. The number of carbonyl (C=O) groups excluding carboxylic acids is 1. The minimum Gasteiger partial charge on any atom is -0.292 e. The molecule has 0 aromatic carbocycles. The number of aromatic nitrogens is 1. The van der Waals surface area contributed by atoms with Crippen LogP contribution in [0.25, 0.3) is 9.75 Å². The molecule has 0 N–H and O–H groups in total. The van der Waals surface area contributed by atoms with E-state index in [0.717, 1.165) is 4.88 Å². The van der Waals surface area contributed by atoms with Gasteiger partial charge < -0.3 is 0 Å². The van der Waals surface area contributed by atoms with E-state index in [2.05, 4.69) is 11.1 Å². The van der Waals surface area contributed by atoms with E-state index in [9.17, 15) is 4.79 Å². The highest BCUT2D eigenvalue weighted by molar-refractivity contribution is 7.22. The second-order valence-electron chi connectivity index (χ2n) is 4.08. The van der Waals surface area contributed by atoms with E-state index in [1.54, 1.807) is 11.3 Å². The van der Waals surface area contributed by atoms with Gasteiger partial charge >= 0.3 is 0 Å². The summed E-state index contributed by atoms with van der Waals surface area (Å²) in [5, 5.41) is 2.72. The maximum Gasteiger partial charge on any atom is 0.191 e. The second kappa shape index (κ2) is 4.11. The summed E-state index contributed by atoms with van der Waals surface area (Å²) in [4.78, 5) is 18.4. The van der Waals surface area contributed by atoms with Crippen molar-refractivity contribution in [1.29, 1.82) is 0 Å². The number of carbonyl (C=O) groups is 1. The van der Waals surface area contributed by atoms with Crippen LogP contribution in [0.15, 0.2) is 23.7 Å². The van der Waals surface area contributed by atoms with Crippen LogP contribution in [0.1, 0.15) is 29.1 Å². The monoisotopic (exact) mass is 249 g/mol. The molecule has 1 saturated carbocycles. The van der Waals surface area contributed by atoms with E-state index >= 15 is 0 Å². The van der Waals surface area contributed by atoms with Crippen molar-refractivity contribution in [1.82, 2.24) is 4.98 Å². The fourth-order valence-electron chi connectivity index (χ4n) is 1.61. The summed E-state index contributed by atoms with van der Waals surface area (Å²) in [5.41, 5.74) is 0. The zero-order valence-electron chi connectivity index (χ0n) is 8.68. The van der Waals surface area contributed by atoms with Gasteiger partial charge in [-0.2, -0.15) is 0 Å². The molecule has 0 amide bonds. The number of hydrogen-bond donors (Lipinski definition) is 0. The molecule has 0 spiro atoms. The molecule has 1 aliphatic carbocycles. The molecule has 16 heavy (non-hydrogen) atoms. The predicted octanol–water partition coefficient (Wildman–Crippen LogP) is 3.85. The first-order valence-corrected chi connectivity index (χ1v) is 7.05. The Bertz CT molecular complexity index is 497. The van der Waals surface area contributed by atoms with Crippen LogP contribution >= 0.6 is 22.7 Å². The van der Waals surface area contributed by atoms with Gasteiger partial charge in [0, 0.05) is 17.5 Å². The first kappa shape index (κ1) is 10.2. The third-order valence-electron chi connectivity index (χ3n) is 2.68. The average molecular weight is 249 g/mol. The molecular formula is C12H11NOS2. The number of thiazole rings is 1. The number of hydrogen-bond acceptors (Lipinski definition) is 4. The molecule has 82 valence electrons. The predicted molar refractivity (Wildman–Crippen MR) is 67.1 cm³/mol. The average Bonchev–Trinajstić information content (AvgIpc) is 2.84. The van der Waals surface area contributed by atoms with Crippen molar-refractivity contribution >= 4 is 28.5 Å². The molecule has 0 atom stereocenters. The molecule has 1 aliphatic rings. The minimum absolute atomic E-state index is 0.218. The Labute approximate surface area is 102 Å². The normalized spacial score (nSPS) is 15.2. The molecule has 2 aromatic heterocycles. The van der Waals surface area contributed by atoms with Crippen LogP contribution in [-0.4, -0.2) is 10.8 Å². The Morgan fingerprint density at radius 2 is 2.31 bits per heavy atom. The third kappa shape index (κ3) is 2.08. The zero-order chi connectivity index (χ0) is 11.0. The van der Waals surface area contributed by atoms with Gasteiger partial charge in [-0.1, -0.05) is 6.07 Å². The molecule has 2 nitrogen and oxygen atoms in total. The first-order chi connectivity index (χ1) is 7.83. The number of nitrogens with zero attached hydrogens (tertiary/aromatic N) is 1. The van der Waals surface area contributed by atoms with Gasteiger partial charge in [-0.15, -0.1) is 22.7 Å². The molecule has 0 saturated heterocycles. The van der Waals surface area contributed by atoms with Crippen molar-refractivity contribution < 1.29 is 4.79 Å². The van der Waals surface area contributed by atoms with Gasteiger partial charge in [0.15, 0.2) is 10.8 Å². The van der Waals surface area contributed by atoms with Crippen molar-refractivity contribution in [3.05, 3.63) is 28.7 Å². The number of thiophene rings is 1. The van der Waals surface area contributed by atoms with E-state index < -0.39 is 0 Å². The van der Waals surface area contributed by atoms with Crippen LogP contribution in [0, 0.1) is 5.92 Å². The van der Waals surface area contributed by atoms with Crippen LogP contribution in [0.4, 0.5) is 0 Å². The van der Waals surface area contributed by atoms with E-state index in [1.807, 2.05) is 17.6 Å². The summed E-state index contributed by atoms with van der Waals surface area (Å²) in [6, 6.07) is 4.08. The summed E-state index contributed by atoms with van der Waals surface area (Å²) in [7, 11) is 0. The van der Waals surface area contributed by atoms with Gasteiger partial charge in [0.2, 0.25) is 0 Å². The molecule has 2 heterocycles. The van der Waals surface area contributed by atoms with Gasteiger partial charge in [-0.05, 0) is 30.2 Å². The lowest BCUT2D eigenvalue weighted by Gasteiger charge is -1.92. The van der Waals surface area contributed by atoms with Crippen molar-refractivity contribution in [2.45, 2.75) is 19.3 Å². The molecule has 4 heteroatoms. The molecule has 1 fully saturated rings. The lowest BCUT2D eigenvalue weighted by Crippen LogP contribution is -1.98. The molecule has 2 aromatic rings. The lowest BCUT2D eigenvalue weighted by atomic mass is 10.2. The van der Waals surface area contributed by atoms with Crippen molar-refractivity contribution in [2.75, 3.05) is 0 Å². The highest BCUT2D eigenvalue weighted by Gasteiger charge is 2.26. The molecule has 3 rings (SSSR count). The molecule has 0 aliphatic heterocycles. The van der Waals surface area contributed by atoms with E-state index in [4.69, 9.17) is 0 Å². The Hall–Kier alpha value is -1.00. The maximum absolute atomic E-state index is 11.8. The van der Waals surface area contributed by atoms with E-state index in [0.29, 0.717) is 17.3 Å². The largest absolute Gasteiger partial charge is 0.292 e. The standard InChI is InChI=1S/C12H11NOS2/c14-9(6-8-3-4-8)12-13-7-11(16-12)10-2-1-5-15-10/h1-2,5,7-8H,3-4,6H2. The SMILES string of the molecule is O=C(CC1CC1)c1ncc(-c2cccs2)s1. The second-order valence-corrected chi connectivity index (χ2v) is 6.06. The molecule has 0 radical (unpaired) electrons. The summed E-state index contributed by atoms with van der Waals surface area (Å²) >= 11 is 3.20. The fourth-order valence-corrected chi connectivity index (χ4v) is 3.29. The third-order valence-corrected chi connectivity index (χ3v) is 4.78. The van der Waals surface area contributed by atoms with E-state index in [-0.39, 0.29) is 5.78 Å². The number of rotatable bonds is 4. The van der Waals surface area contributed by atoms with Crippen LogP contribution in [0.3, 0.4) is 0 Å². The lowest BCUT2D eigenvalue weighted by molar-refractivity contribution is 0.0975. The van der Waals surface area contributed by atoms with Crippen LogP contribution in [0.2, 0.25) is 0 Å². The summed E-state index contributed by atoms with van der Waals surface area (Å²) < 4.78 is 0. The van der Waals surface area contributed by atoms with Gasteiger partial charge in [0.05, 0.1) is 4.88 Å². The molecule has 0 bridgehead atoms. The summed E-state index contributed by atoms with van der Waals surface area (Å²) in [6.45, 7) is 0. The number of Topliss-reactive ketones (excluding diaryl/α,β-unsaturated/α-hetero) is 1. The van der Waals surface area contributed by atoms with Gasteiger partial charge in [-0.3, -0.25) is 4.79 Å². The minimum atomic E-state index is 0.218. The van der Waals surface area contributed by atoms with Crippen LogP contribution in [-0.2, 0) is 0 Å². The van der Waals surface area contributed by atoms with Gasteiger partial charge in [0.1, 0.15) is 0 Å². The van der Waals surface area contributed by atoms with Gasteiger partial charge in [0.25, 0.3) is 0 Å². The highest BCUT2D eigenvalue weighted by atomic mass is 32.1. The smallest absolute Gasteiger partial charge is 0.191 e. The van der Waals surface area contributed by atoms with E-state index in [1.165, 1.54) is 29.1 Å². The van der Waals surface area contributed by atoms with Crippen LogP contribution in [0.5, 0.6) is 0 Å². The molecule has 0 unspecified atom stereocenters. The maximum atomic E-state index is 11.8. The van der Waals surface area contributed by atoms with Gasteiger partial charge in [-0.25, -0.2) is 4.98 Å². The molecular weight excluding hydrogens is 238 g/mol. The van der Waals surface area contributed by atoms with Crippen molar-refractivity contribution in [3.63, 3.8) is 0 Å². The number of ketones is 1. The summed E-state index contributed by atoms with van der Waals surface area (Å²) in [5.74, 6) is 0.858. The summed E-state index contributed by atoms with van der Waals surface area (Å²) in [6.07, 6.45) is 4.94. The Morgan fingerprint density at radius 3 is 3.00 bits per heavy atom. The fraction of sp³-hybridized carbons (Fsp3) is 0.333. The highest BCUT2D eigenvalue weighted by Crippen LogP contribution is 2.35. The Kier molecular flexibility index (Phi) is 2.61. The van der Waals surface area contributed by atoms with Crippen molar-refractivity contribution in [2.24, 2.45) is 5.92 Å². The Balaban J connectivity index is 1.79. The topological polar surface area (TPSA) is 30.0 Å². The first-order valence-electron chi connectivity index (χ1n) is 5.36. The Morgan fingerprint density at radius 1 is 1.44 bits per heavy atom. The van der Waals surface area contributed by atoms with Crippen molar-refractivity contribution in [3.8, 4) is 9.75 Å².